The molecule has 0 atom stereocenters. The highest BCUT2D eigenvalue weighted by molar-refractivity contribution is 5.59. The van der Waals surface area contributed by atoms with Gasteiger partial charge in [-0.2, -0.15) is 8.78 Å². The third kappa shape index (κ3) is 2.50. The average molecular weight is 222 g/mol. The van der Waals surface area contributed by atoms with Crippen LogP contribution in [0, 0.1) is 0 Å². The number of rotatable bonds is 3. The molecule has 0 radical (unpaired) electrons. The lowest BCUT2D eigenvalue weighted by Crippen LogP contribution is -2.02. The summed E-state index contributed by atoms with van der Waals surface area (Å²) in [5.41, 5.74) is 1.30. The number of pyridine rings is 2. The van der Waals surface area contributed by atoms with Gasteiger partial charge in [-0.15, -0.1) is 0 Å². The van der Waals surface area contributed by atoms with Gasteiger partial charge < -0.3 is 4.74 Å². The van der Waals surface area contributed by atoms with Crippen molar-refractivity contribution < 1.29 is 13.5 Å². The van der Waals surface area contributed by atoms with Crippen molar-refractivity contribution in [1.82, 2.24) is 9.97 Å². The van der Waals surface area contributed by atoms with E-state index in [2.05, 4.69) is 14.7 Å². The number of hydrogen-bond donors (Lipinski definition) is 0. The Morgan fingerprint density at radius 1 is 1.19 bits per heavy atom. The largest absolute Gasteiger partial charge is 0.435 e. The van der Waals surface area contributed by atoms with Crippen LogP contribution >= 0.6 is 0 Å². The standard InChI is InChI=1S/C11H8F2N2O/c12-11(13)16-9-3-5-15-10(6-9)8-2-1-4-14-7-8/h1-7,11H. The van der Waals surface area contributed by atoms with Crippen LogP contribution in [0.5, 0.6) is 5.75 Å². The van der Waals surface area contributed by atoms with E-state index in [9.17, 15) is 8.78 Å². The Bertz CT molecular complexity index is 463. The summed E-state index contributed by atoms with van der Waals surface area (Å²) in [7, 11) is 0. The number of hydrogen-bond acceptors (Lipinski definition) is 3. The van der Waals surface area contributed by atoms with Gasteiger partial charge in [-0.1, -0.05) is 0 Å². The van der Waals surface area contributed by atoms with E-state index in [0.717, 1.165) is 5.56 Å². The van der Waals surface area contributed by atoms with Crippen LogP contribution in [0.2, 0.25) is 0 Å². The van der Waals surface area contributed by atoms with Gasteiger partial charge in [0.2, 0.25) is 0 Å². The summed E-state index contributed by atoms with van der Waals surface area (Å²) in [5.74, 6) is 0.0869. The second-order valence-corrected chi connectivity index (χ2v) is 3.00. The number of alkyl halides is 2. The molecule has 2 aromatic heterocycles. The maximum Gasteiger partial charge on any atom is 0.387 e. The van der Waals surface area contributed by atoms with Crippen molar-refractivity contribution in [2.45, 2.75) is 6.61 Å². The highest BCUT2D eigenvalue weighted by Crippen LogP contribution is 2.21. The predicted octanol–water partition coefficient (Wildman–Crippen LogP) is 2.75. The lowest BCUT2D eigenvalue weighted by molar-refractivity contribution is -0.0498. The lowest BCUT2D eigenvalue weighted by atomic mass is 10.2. The minimum absolute atomic E-state index is 0.0869. The summed E-state index contributed by atoms with van der Waals surface area (Å²) in [4.78, 5) is 7.97. The molecule has 0 N–H and O–H groups in total. The highest BCUT2D eigenvalue weighted by atomic mass is 19.3. The molecule has 3 nitrogen and oxygen atoms in total. The fourth-order valence-corrected chi connectivity index (χ4v) is 1.26. The Labute approximate surface area is 90.7 Å². The number of nitrogens with zero attached hydrogens (tertiary/aromatic N) is 2. The van der Waals surface area contributed by atoms with E-state index in [1.165, 1.54) is 18.3 Å². The predicted molar refractivity (Wildman–Crippen MR) is 54.1 cm³/mol. The molecule has 16 heavy (non-hydrogen) atoms. The molecule has 0 saturated carbocycles. The summed E-state index contributed by atoms with van der Waals surface area (Å²) < 4.78 is 28.3. The molecule has 0 amide bonds. The second kappa shape index (κ2) is 4.65. The molecular formula is C11H8F2N2O. The summed E-state index contributed by atoms with van der Waals surface area (Å²) >= 11 is 0. The van der Waals surface area contributed by atoms with Crippen LogP contribution in [0.3, 0.4) is 0 Å². The van der Waals surface area contributed by atoms with E-state index in [0.29, 0.717) is 5.69 Å². The van der Waals surface area contributed by atoms with Gasteiger partial charge in [0, 0.05) is 30.2 Å². The summed E-state index contributed by atoms with van der Waals surface area (Å²) in [5, 5.41) is 0. The summed E-state index contributed by atoms with van der Waals surface area (Å²) in [6.45, 7) is -2.83. The molecule has 0 aliphatic heterocycles. The molecule has 2 heterocycles. The van der Waals surface area contributed by atoms with Gasteiger partial charge in [0.15, 0.2) is 0 Å². The molecule has 0 fully saturated rings. The monoisotopic (exact) mass is 222 g/mol. The molecule has 82 valence electrons. The topological polar surface area (TPSA) is 35.0 Å². The molecule has 2 rings (SSSR count). The number of aromatic nitrogens is 2. The van der Waals surface area contributed by atoms with Crippen molar-refractivity contribution in [1.29, 1.82) is 0 Å². The maximum absolute atomic E-state index is 12.0. The van der Waals surface area contributed by atoms with Crippen molar-refractivity contribution in [2.75, 3.05) is 0 Å². The molecule has 0 saturated heterocycles. The summed E-state index contributed by atoms with van der Waals surface area (Å²) in [6.07, 6.45) is 4.65. The molecular weight excluding hydrogens is 214 g/mol. The molecule has 2 aromatic rings. The molecule has 0 bridgehead atoms. The first-order valence-corrected chi connectivity index (χ1v) is 4.57. The number of ether oxygens (including phenoxy) is 1. The van der Waals surface area contributed by atoms with E-state index >= 15 is 0 Å². The van der Waals surface area contributed by atoms with Crippen LogP contribution in [0.1, 0.15) is 0 Å². The van der Waals surface area contributed by atoms with E-state index in [-0.39, 0.29) is 5.75 Å². The number of halogens is 2. The fraction of sp³-hybridized carbons (Fsp3) is 0.0909. The van der Waals surface area contributed by atoms with Gasteiger partial charge in [-0.25, -0.2) is 0 Å². The summed E-state index contributed by atoms with van der Waals surface area (Å²) in [6, 6.07) is 6.37. The van der Waals surface area contributed by atoms with Crippen molar-refractivity contribution >= 4 is 0 Å². The smallest absolute Gasteiger partial charge is 0.387 e. The zero-order valence-corrected chi connectivity index (χ0v) is 8.18. The van der Waals surface area contributed by atoms with E-state index in [1.54, 1.807) is 24.5 Å². The van der Waals surface area contributed by atoms with Crippen LogP contribution in [0.25, 0.3) is 11.3 Å². The zero-order chi connectivity index (χ0) is 11.4. The highest BCUT2D eigenvalue weighted by Gasteiger charge is 2.06. The van der Waals surface area contributed by atoms with Crippen LogP contribution < -0.4 is 4.74 Å². The van der Waals surface area contributed by atoms with Crippen molar-refractivity contribution in [3.05, 3.63) is 42.9 Å². The van der Waals surface area contributed by atoms with E-state index in [4.69, 9.17) is 0 Å². The van der Waals surface area contributed by atoms with Crippen molar-refractivity contribution in [2.24, 2.45) is 0 Å². The average Bonchev–Trinajstić information content (AvgIpc) is 2.30. The minimum atomic E-state index is -2.83. The SMILES string of the molecule is FC(F)Oc1ccnc(-c2cccnc2)c1. The minimum Gasteiger partial charge on any atom is -0.435 e. The van der Waals surface area contributed by atoms with Gasteiger partial charge in [-0.3, -0.25) is 9.97 Å². The van der Waals surface area contributed by atoms with Crippen molar-refractivity contribution in [3.8, 4) is 17.0 Å². The molecule has 0 spiro atoms. The third-order valence-corrected chi connectivity index (χ3v) is 1.91. The fourth-order valence-electron chi connectivity index (χ4n) is 1.26. The van der Waals surface area contributed by atoms with Gasteiger partial charge in [-0.05, 0) is 18.2 Å². The van der Waals surface area contributed by atoms with Crippen LogP contribution in [0.15, 0.2) is 42.9 Å². The van der Waals surface area contributed by atoms with Gasteiger partial charge in [0.25, 0.3) is 0 Å². The molecule has 0 unspecified atom stereocenters. The zero-order valence-electron chi connectivity index (χ0n) is 8.18. The normalized spacial score (nSPS) is 10.4. The van der Waals surface area contributed by atoms with Crippen LogP contribution in [-0.2, 0) is 0 Å². The van der Waals surface area contributed by atoms with Gasteiger partial charge >= 0.3 is 6.61 Å². The lowest BCUT2D eigenvalue weighted by Gasteiger charge is -2.05. The molecule has 0 aliphatic carbocycles. The van der Waals surface area contributed by atoms with Crippen LogP contribution in [-0.4, -0.2) is 16.6 Å². The first-order chi connectivity index (χ1) is 7.75. The molecule has 0 aliphatic rings. The van der Waals surface area contributed by atoms with Gasteiger partial charge in [0.05, 0.1) is 5.69 Å². The Morgan fingerprint density at radius 3 is 2.75 bits per heavy atom. The third-order valence-electron chi connectivity index (χ3n) is 1.91. The van der Waals surface area contributed by atoms with E-state index < -0.39 is 6.61 Å². The molecule has 5 heteroatoms. The van der Waals surface area contributed by atoms with Gasteiger partial charge in [0.1, 0.15) is 5.75 Å². The maximum atomic E-state index is 12.0. The Morgan fingerprint density at radius 2 is 2.06 bits per heavy atom. The molecule has 0 aromatic carbocycles. The van der Waals surface area contributed by atoms with Crippen molar-refractivity contribution in [3.63, 3.8) is 0 Å². The first-order valence-electron chi connectivity index (χ1n) is 4.57. The van der Waals surface area contributed by atoms with Crippen LogP contribution in [0.4, 0.5) is 8.78 Å². The Hall–Kier alpha value is -2.04. The quantitative estimate of drug-likeness (QED) is 0.800. The second-order valence-electron chi connectivity index (χ2n) is 3.00. The Kier molecular flexibility index (Phi) is 3.05. The van der Waals surface area contributed by atoms with E-state index in [1.807, 2.05) is 0 Å². The Balaban J connectivity index is 2.29. The first kappa shape index (κ1) is 10.5.